The van der Waals surface area contributed by atoms with E-state index in [1.54, 1.807) is 0 Å². The van der Waals surface area contributed by atoms with Crippen LogP contribution in [0.1, 0.15) is 49.8 Å². The molecule has 1 aromatic carbocycles. The maximum Gasteiger partial charge on any atom is 0.416 e. The van der Waals surface area contributed by atoms with Crippen LogP contribution in [0.4, 0.5) is 22.0 Å². The third kappa shape index (κ3) is 5.04. The average molecular weight is 474 g/mol. The number of hydrogen-bond donors (Lipinski definition) is 0. The number of halogens is 5. The van der Waals surface area contributed by atoms with Gasteiger partial charge in [-0.3, -0.25) is 9.69 Å². The third-order valence-corrected chi connectivity index (χ3v) is 7.57. The molecule has 9 heteroatoms. The molecule has 4 rings (SSSR count). The van der Waals surface area contributed by atoms with E-state index >= 15 is 8.78 Å². The fraction of sp³-hybridized carbons (Fsp3) is 0.708. The van der Waals surface area contributed by atoms with Gasteiger partial charge in [0.2, 0.25) is 5.91 Å². The molecule has 3 fully saturated rings. The first-order chi connectivity index (χ1) is 15.4. The molecule has 1 amide bonds. The summed E-state index contributed by atoms with van der Waals surface area (Å²) in [6.45, 7) is 8.22. The number of benzene rings is 1. The lowest BCUT2D eigenvalue weighted by molar-refractivity contribution is -0.145. The van der Waals surface area contributed by atoms with Gasteiger partial charge in [0, 0.05) is 62.7 Å². The zero-order chi connectivity index (χ0) is 24.0. The molecular formula is C24H32F5N3O. The minimum absolute atomic E-state index is 0.00439. The van der Waals surface area contributed by atoms with E-state index in [2.05, 4.69) is 16.7 Å². The number of likely N-dealkylation sites (tertiary alicyclic amines) is 1. The van der Waals surface area contributed by atoms with E-state index in [-0.39, 0.29) is 25.4 Å². The Kier molecular flexibility index (Phi) is 6.50. The van der Waals surface area contributed by atoms with Gasteiger partial charge in [0.1, 0.15) is 0 Å². The van der Waals surface area contributed by atoms with Crippen molar-refractivity contribution in [3.8, 4) is 0 Å². The molecule has 2 heterocycles. The zero-order valence-corrected chi connectivity index (χ0v) is 19.2. The number of amides is 1. The summed E-state index contributed by atoms with van der Waals surface area (Å²) < 4.78 is 72.5. The highest BCUT2D eigenvalue weighted by molar-refractivity contribution is 5.85. The van der Waals surface area contributed by atoms with Crippen LogP contribution < -0.4 is 0 Å². The van der Waals surface area contributed by atoms with Crippen molar-refractivity contribution in [2.24, 2.45) is 11.3 Å². The van der Waals surface area contributed by atoms with E-state index < -0.39 is 34.6 Å². The number of likely N-dealkylation sites (N-methyl/N-ethyl adjacent to an activating group) is 1. The summed E-state index contributed by atoms with van der Waals surface area (Å²) in [5, 5.41) is 0. The Labute approximate surface area is 191 Å². The molecular weight excluding hydrogens is 441 g/mol. The summed E-state index contributed by atoms with van der Waals surface area (Å²) in [6.07, 6.45) is -3.42. The molecule has 2 saturated heterocycles. The monoisotopic (exact) mass is 473 g/mol. The van der Waals surface area contributed by atoms with Gasteiger partial charge in [-0.05, 0) is 37.4 Å². The number of rotatable bonds is 6. The Hall–Kier alpha value is -1.74. The summed E-state index contributed by atoms with van der Waals surface area (Å²) in [6, 6.07) is 3.24. The number of hydrogen-bond acceptors (Lipinski definition) is 3. The van der Waals surface area contributed by atoms with Crippen molar-refractivity contribution in [3.05, 3.63) is 34.9 Å². The van der Waals surface area contributed by atoms with Crippen LogP contribution in [0, 0.1) is 11.3 Å². The quantitative estimate of drug-likeness (QED) is 0.566. The summed E-state index contributed by atoms with van der Waals surface area (Å²) in [7, 11) is 0. The molecule has 3 aliphatic rings. The van der Waals surface area contributed by atoms with Gasteiger partial charge in [-0.2, -0.15) is 13.2 Å². The average Bonchev–Trinajstić information content (AvgIpc) is 3.32. The van der Waals surface area contributed by atoms with Crippen LogP contribution in [0.25, 0.3) is 0 Å². The van der Waals surface area contributed by atoms with Crippen LogP contribution in [-0.2, 0) is 23.4 Å². The highest BCUT2D eigenvalue weighted by Crippen LogP contribution is 2.50. The minimum Gasteiger partial charge on any atom is -0.342 e. The predicted octanol–water partition coefficient (Wildman–Crippen LogP) is 4.58. The highest BCUT2D eigenvalue weighted by atomic mass is 19.4. The summed E-state index contributed by atoms with van der Waals surface area (Å²) >= 11 is 0. The SMILES string of the molecule is CCN1CCN(Cc2ccc(C(F)(F)[C@@H]3CCN(C(=O)C4(C)CC4)C3)c(C(F)(F)F)c2)CC1. The largest absolute Gasteiger partial charge is 0.416 e. The van der Waals surface area contributed by atoms with Crippen LogP contribution in [0.15, 0.2) is 18.2 Å². The lowest BCUT2D eigenvalue weighted by Crippen LogP contribution is -2.45. The molecule has 184 valence electrons. The Morgan fingerprint density at radius 1 is 1.00 bits per heavy atom. The van der Waals surface area contributed by atoms with Crippen LogP contribution in [0.3, 0.4) is 0 Å². The van der Waals surface area contributed by atoms with E-state index in [1.165, 1.54) is 11.0 Å². The van der Waals surface area contributed by atoms with Gasteiger partial charge in [0.25, 0.3) is 5.92 Å². The van der Waals surface area contributed by atoms with Crippen molar-refractivity contribution in [1.29, 1.82) is 0 Å². The van der Waals surface area contributed by atoms with Crippen molar-refractivity contribution in [1.82, 2.24) is 14.7 Å². The first-order valence-electron chi connectivity index (χ1n) is 11.8. The molecule has 0 radical (unpaired) electrons. The number of carbonyl (C=O) groups excluding carboxylic acids is 1. The Morgan fingerprint density at radius 2 is 1.64 bits per heavy atom. The number of nitrogens with zero attached hydrogens (tertiary/aromatic N) is 3. The van der Waals surface area contributed by atoms with Crippen LogP contribution in [0.5, 0.6) is 0 Å². The molecule has 1 aliphatic carbocycles. The maximum atomic E-state index is 15.4. The van der Waals surface area contributed by atoms with Gasteiger partial charge < -0.3 is 9.80 Å². The van der Waals surface area contributed by atoms with Crippen LogP contribution >= 0.6 is 0 Å². The van der Waals surface area contributed by atoms with Crippen molar-refractivity contribution in [3.63, 3.8) is 0 Å². The zero-order valence-electron chi connectivity index (χ0n) is 19.2. The standard InChI is InChI=1S/C24H32F5N3O/c1-3-30-10-12-31(13-11-30)15-17-4-5-19(20(14-17)24(27,28)29)23(25,26)18-6-9-32(16-18)21(33)22(2)7-8-22/h4-5,14,18H,3,6-13,15-16H2,1-2H3/t18-/m1/s1. The van der Waals surface area contributed by atoms with E-state index in [0.29, 0.717) is 12.1 Å². The van der Waals surface area contributed by atoms with E-state index in [0.717, 1.165) is 57.7 Å². The predicted molar refractivity (Wildman–Crippen MR) is 115 cm³/mol. The summed E-state index contributed by atoms with van der Waals surface area (Å²) in [5.41, 5.74) is -2.34. The molecule has 1 saturated carbocycles. The summed E-state index contributed by atoms with van der Waals surface area (Å²) in [5.74, 6) is -5.15. The molecule has 1 atom stereocenters. The van der Waals surface area contributed by atoms with Gasteiger partial charge in [-0.25, -0.2) is 8.78 Å². The Bertz CT molecular complexity index is 875. The van der Waals surface area contributed by atoms with Crippen molar-refractivity contribution >= 4 is 5.91 Å². The first kappa shape index (κ1) is 24.4. The topological polar surface area (TPSA) is 26.8 Å². The summed E-state index contributed by atoms with van der Waals surface area (Å²) in [4.78, 5) is 18.3. The second-order valence-electron chi connectivity index (χ2n) is 10.0. The number of alkyl halides is 5. The van der Waals surface area contributed by atoms with Gasteiger partial charge in [-0.15, -0.1) is 0 Å². The highest BCUT2D eigenvalue weighted by Gasteiger charge is 2.53. The van der Waals surface area contributed by atoms with Crippen LogP contribution in [-0.4, -0.2) is 66.4 Å². The lowest BCUT2D eigenvalue weighted by atomic mass is 9.89. The van der Waals surface area contributed by atoms with Crippen LogP contribution in [0.2, 0.25) is 0 Å². The first-order valence-corrected chi connectivity index (χ1v) is 11.8. The molecule has 0 unspecified atom stereocenters. The van der Waals surface area contributed by atoms with Gasteiger partial charge in [0.15, 0.2) is 0 Å². The van der Waals surface area contributed by atoms with Crippen molar-refractivity contribution in [2.45, 2.75) is 51.8 Å². The van der Waals surface area contributed by atoms with Gasteiger partial charge >= 0.3 is 6.18 Å². The van der Waals surface area contributed by atoms with E-state index in [4.69, 9.17) is 0 Å². The molecule has 4 nitrogen and oxygen atoms in total. The van der Waals surface area contributed by atoms with Gasteiger partial charge in [-0.1, -0.05) is 26.0 Å². The molecule has 0 spiro atoms. The van der Waals surface area contributed by atoms with Gasteiger partial charge in [0.05, 0.1) is 5.56 Å². The fourth-order valence-electron chi connectivity index (χ4n) is 4.98. The molecule has 2 aliphatic heterocycles. The maximum absolute atomic E-state index is 15.4. The normalized spacial score (nSPS) is 24.3. The Morgan fingerprint density at radius 3 is 2.21 bits per heavy atom. The molecule has 1 aromatic rings. The molecule has 0 bridgehead atoms. The second-order valence-corrected chi connectivity index (χ2v) is 10.0. The van der Waals surface area contributed by atoms with Crippen molar-refractivity contribution in [2.75, 3.05) is 45.8 Å². The Balaban J connectivity index is 1.52. The number of carbonyl (C=O) groups is 1. The van der Waals surface area contributed by atoms with E-state index in [1.807, 2.05) is 6.92 Å². The molecule has 0 aromatic heterocycles. The number of piperazine rings is 1. The second kappa shape index (κ2) is 8.80. The fourth-order valence-corrected chi connectivity index (χ4v) is 4.98. The minimum atomic E-state index is -4.88. The smallest absolute Gasteiger partial charge is 0.342 e. The molecule has 33 heavy (non-hydrogen) atoms. The molecule has 0 N–H and O–H groups in total. The van der Waals surface area contributed by atoms with E-state index in [9.17, 15) is 18.0 Å². The van der Waals surface area contributed by atoms with Crippen molar-refractivity contribution < 1.29 is 26.7 Å². The third-order valence-electron chi connectivity index (χ3n) is 7.57. The lowest BCUT2D eigenvalue weighted by Gasteiger charge is -2.34.